The van der Waals surface area contributed by atoms with Crippen molar-refractivity contribution in [2.24, 2.45) is 0 Å². The van der Waals surface area contributed by atoms with Crippen molar-refractivity contribution in [1.82, 2.24) is 5.32 Å². The molecule has 22 heavy (non-hydrogen) atoms. The van der Waals surface area contributed by atoms with Gasteiger partial charge in [-0.1, -0.05) is 42.0 Å². The van der Waals surface area contributed by atoms with Crippen molar-refractivity contribution in [1.29, 1.82) is 0 Å². The van der Waals surface area contributed by atoms with E-state index in [2.05, 4.69) is 5.32 Å². The Hall–Kier alpha value is -2.20. The number of halogens is 1. The first-order chi connectivity index (χ1) is 10.5. The molecule has 0 aliphatic rings. The maximum Gasteiger partial charge on any atom is 0.254 e. The fourth-order valence-corrected chi connectivity index (χ4v) is 2.23. The summed E-state index contributed by atoms with van der Waals surface area (Å²) in [5.74, 6) is -1.08. The van der Waals surface area contributed by atoms with Crippen LogP contribution in [0, 0.1) is 12.7 Å². The highest BCUT2D eigenvalue weighted by atomic mass is 19.1. The largest absolute Gasteiger partial charge is 0.391 e. The summed E-state index contributed by atoms with van der Waals surface area (Å²) in [5, 5.41) is 12.8. The van der Waals surface area contributed by atoms with E-state index in [1.165, 1.54) is 12.1 Å². The molecule has 2 rings (SSSR count). The SMILES string of the molecule is Cc1ccc(F)c(C(=O)NC(C)C(O)Cc2ccccc2)c1. The minimum atomic E-state index is -0.737. The third kappa shape index (κ3) is 4.15. The van der Waals surface area contributed by atoms with Gasteiger partial charge in [-0.2, -0.15) is 0 Å². The molecule has 116 valence electrons. The van der Waals surface area contributed by atoms with Gasteiger partial charge in [0.1, 0.15) is 5.82 Å². The van der Waals surface area contributed by atoms with Crippen LogP contribution in [0.25, 0.3) is 0 Å². The molecule has 3 nitrogen and oxygen atoms in total. The van der Waals surface area contributed by atoms with Gasteiger partial charge < -0.3 is 10.4 Å². The van der Waals surface area contributed by atoms with Crippen LogP contribution < -0.4 is 5.32 Å². The van der Waals surface area contributed by atoms with Crippen molar-refractivity contribution in [3.63, 3.8) is 0 Å². The number of aliphatic hydroxyl groups excluding tert-OH is 1. The average molecular weight is 301 g/mol. The number of aryl methyl sites for hydroxylation is 1. The van der Waals surface area contributed by atoms with E-state index in [0.29, 0.717) is 6.42 Å². The van der Waals surface area contributed by atoms with Gasteiger partial charge in [0.15, 0.2) is 0 Å². The number of nitrogens with one attached hydrogen (secondary N) is 1. The molecule has 2 unspecified atom stereocenters. The molecule has 0 spiro atoms. The van der Waals surface area contributed by atoms with Crippen molar-refractivity contribution in [2.75, 3.05) is 0 Å². The fourth-order valence-electron chi connectivity index (χ4n) is 2.23. The van der Waals surface area contributed by atoms with Gasteiger partial charge in [0.05, 0.1) is 17.7 Å². The minimum absolute atomic E-state index is 0.00115. The first kappa shape index (κ1) is 16.2. The summed E-state index contributed by atoms with van der Waals surface area (Å²) in [6.45, 7) is 3.50. The van der Waals surface area contributed by atoms with Crippen LogP contribution in [-0.2, 0) is 6.42 Å². The van der Waals surface area contributed by atoms with Gasteiger partial charge in [0.25, 0.3) is 5.91 Å². The van der Waals surface area contributed by atoms with E-state index in [4.69, 9.17) is 0 Å². The van der Waals surface area contributed by atoms with E-state index < -0.39 is 23.9 Å². The quantitative estimate of drug-likeness (QED) is 0.892. The standard InChI is InChI=1S/C18H20FNO2/c1-12-8-9-16(19)15(10-12)18(22)20-13(2)17(21)11-14-6-4-3-5-7-14/h3-10,13,17,21H,11H2,1-2H3,(H,20,22). The van der Waals surface area contributed by atoms with Crippen LogP contribution >= 0.6 is 0 Å². The first-order valence-corrected chi connectivity index (χ1v) is 7.26. The number of carbonyl (C=O) groups excluding carboxylic acids is 1. The van der Waals surface area contributed by atoms with Crippen LogP contribution in [0.3, 0.4) is 0 Å². The van der Waals surface area contributed by atoms with Gasteiger partial charge in [-0.3, -0.25) is 4.79 Å². The molecule has 1 amide bonds. The third-order valence-corrected chi connectivity index (χ3v) is 3.59. The van der Waals surface area contributed by atoms with Crippen molar-refractivity contribution in [3.8, 4) is 0 Å². The van der Waals surface area contributed by atoms with Gasteiger partial charge in [-0.05, 0) is 31.5 Å². The number of carbonyl (C=O) groups is 1. The predicted octanol–water partition coefficient (Wildman–Crippen LogP) is 2.86. The molecule has 2 atom stereocenters. The molecule has 4 heteroatoms. The molecule has 0 saturated carbocycles. The van der Waals surface area contributed by atoms with E-state index >= 15 is 0 Å². The predicted molar refractivity (Wildman–Crippen MR) is 84.2 cm³/mol. The molecule has 2 aromatic carbocycles. The van der Waals surface area contributed by atoms with Gasteiger partial charge in [0, 0.05) is 6.42 Å². The molecule has 0 aliphatic carbocycles. The van der Waals surface area contributed by atoms with E-state index in [-0.39, 0.29) is 5.56 Å². The van der Waals surface area contributed by atoms with Crippen LogP contribution in [0.5, 0.6) is 0 Å². The number of hydrogen-bond donors (Lipinski definition) is 2. The molecular formula is C18H20FNO2. The lowest BCUT2D eigenvalue weighted by Gasteiger charge is -2.20. The minimum Gasteiger partial charge on any atom is -0.391 e. The highest BCUT2D eigenvalue weighted by molar-refractivity contribution is 5.94. The zero-order chi connectivity index (χ0) is 16.1. The molecule has 0 heterocycles. The van der Waals surface area contributed by atoms with Crippen LogP contribution in [0.2, 0.25) is 0 Å². The summed E-state index contributed by atoms with van der Waals surface area (Å²) in [7, 11) is 0. The van der Waals surface area contributed by atoms with E-state index in [9.17, 15) is 14.3 Å². The highest BCUT2D eigenvalue weighted by Crippen LogP contribution is 2.11. The molecule has 2 aromatic rings. The summed E-state index contributed by atoms with van der Waals surface area (Å²) < 4.78 is 13.7. The Kier molecular flexibility index (Phi) is 5.28. The van der Waals surface area contributed by atoms with E-state index in [1.807, 2.05) is 30.3 Å². The lowest BCUT2D eigenvalue weighted by Crippen LogP contribution is -2.42. The van der Waals surface area contributed by atoms with Gasteiger partial charge in [-0.15, -0.1) is 0 Å². The van der Waals surface area contributed by atoms with Crippen LogP contribution in [-0.4, -0.2) is 23.2 Å². The Morgan fingerprint density at radius 3 is 2.59 bits per heavy atom. The Balaban J connectivity index is 2.00. The van der Waals surface area contributed by atoms with E-state index in [0.717, 1.165) is 11.1 Å². The number of aliphatic hydroxyl groups is 1. The second kappa shape index (κ2) is 7.18. The lowest BCUT2D eigenvalue weighted by atomic mass is 10.0. The average Bonchev–Trinajstić information content (AvgIpc) is 2.50. The summed E-state index contributed by atoms with van der Waals surface area (Å²) in [6, 6.07) is 13.4. The Morgan fingerprint density at radius 1 is 1.23 bits per heavy atom. The molecule has 2 N–H and O–H groups in total. The maximum atomic E-state index is 13.7. The molecule has 0 aliphatic heterocycles. The number of amides is 1. The second-order valence-corrected chi connectivity index (χ2v) is 5.50. The van der Waals surface area contributed by atoms with Crippen LogP contribution in [0.4, 0.5) is 4.39 Å². The van der Waals surface area contributed by atoms with Gasteiger partial charge in [-0.25, -0.2) is 4.39 Å². The zero-order valence-corrected chi connectivity index (χ0v) is 12.7. The third-order valence-electron chi connectivity index (χ3n) is 3.59. The van der Waals surface area contributed by atoms with E-state index in [1.54, 1.807) is 19.9 Å². The normalized spacial score (nSPS) is 13.5. The lowest BCUT2D eigenvalue weighted by molar-refractivity contribution is 0.0848. The topological polar surface area (TPSA) is 49.3 Å². The maximum absolute atomic E-state index is 13.7. The summed E-state index contributed by atoms with van der Waals surface area (Å²) in [4.78, 5) is 12.1. The van der Waals surface area contributed by atoms with Crippen LogP contribution in [0.1, 0.15) is 28.4 Å². The van der Waals surface area contributed by atoms with Crippen molar-refractivity contribution in [3.05, 3.63) is 71.0 Å². The Labute approximate surface area is 129 Å². The van der Waals surface area contributed by atoms with Gasteiger partial charge >= 0.3 is 0 Å². The second-order valence-electron chi connectivity index (χ2n) is 5.50. The smallest absolute Gasteiger partial charge is 0.254 e. The summed E-state index contributed by atoms with van der Waals surface area (Å²) >= 11 is 0. The zero-order valence-electron chi connectivity index (χ0n) is 12.7. The van der Waals surface area contributed by atoms with Crippen LogP contribution in [0.15, 0.2) is 48.5 Å². The first-order valence-electron chi connectivity index (χ1n) is 7.26. The summed E-state index contributed by atoms with van der Waals surface area (Å²) in [6.07, 6.45) is -0.308. The van der Waals surface area contributed by atoms with Gasteiger partial charge in [0.2, 0.25) is 0 Å². The van der Waals surface area contributed by atoms with Crippen molar-refractivity contribution < 1.29 is 14.3 Å². The fraction of sp³-hybridized carbons (Fsp3) is 0.278. The van der Waals surface area contributed by atoms with Crippen molar-refractivity contribution >= 4 is 5.91 Å². The Morgan fingerprint density at radius 2 is 1.91 bits per heavy atom. The molecule has 0 bridgehead atoms. The highest BCUT2D eigenvalue weighted by Gasteiger charge is 2.19. The summed E-state index contributed by atoms with van der Waals surface area (Å²) in [5.41, 5.74) is 1.79. The van der Waals surface area contributed by atoms with Crippen molar-refractivity contribution in [2.45, 2.75) is 32.4 Å². The monoisotopic (exact) mass is 301 g/mol. The number of benzene rings is 2. The molecule has 0 fully saturated rings. The molecule has 0 saturated heterocycles. The number of hydrogen-bond acceptors (Lipinski definition) is 2. The molecular weight excluding hydrogens is 281 g/mol. The molecule has 0 aromatic heterocycles. The number of rotatable bonds is 5. The Bertz CT molecular complexity index is 643. The molecule has 0 radical (unpaired) electrons.